The van der Waals surface area contributed by atoms with Gasteiger partial charge in [0, 0.05) is 6.20 Å². The molecule has 2 rings (SSSR count). The van der Waals surface area contributed by atoms with E-state index >= 15 is 0 Å². The number of methoxy groups -OCH3 is 1. The first kappa shape index (κ1) is 13.4. The molecule has 5 heteroatoms. The number of pyridine rings is 1. The zero-order valence-corrected chi connectivity index (χ0v) is 11.4. The third kappa shape index (κ3) is 3.23. The first-order valence-corrected chi connectivity index (χ1v) is 6.05. The molecule has 98 valence electrons. The third-order valence-corrected chi connectivity index (χ3v) is 2.82. The second kappa shape index (κ2) is 5.71. The maximum Gasteiger partial charge on any atom is 0.257 e. The van der Waals surface area contributed by atoms with Gasteiger partial charge in [-0.2, -0.15) is 0 Å². The van der Waals surface area contributed by atoms with Gasteiger partial charge in [-0.25, -0.2) is 4.98 Å². The Labute approximate surface area is 116 Å². The lowest BCUT2D eigenvalue weighted by Gasteiger charge is -2.10. The SMILES string of the molecule is COc1cc(C)ccc1NC(=O)c1ccc(Cl)nc1. The van der Waals surface area contributed by atoms with Gasteiger partial charge in [0.25, 0.3) is 5.91 Å². The fraction of sp³-hybridized carbons (Fsp3) is 0.143. The minimum Gasteiger partial charge on any atom is -0.495 e. The second-order valence-corrected chi connectivity index (χ2v) is 4.41. The number of nitrogens with zero attached hydrogens (tertiary/aromatic N) is 1. The number of amides is 1. The van der Waals surface area contributed by atoms with E-state index in [0.29, 0.717) is 22.2 Å². The van der Waals surface area contributed by atoms with Crippen molar-refractivity contribution in [2.75, 3.05) is 12.4 Å². The number of aromatic nitrogens is 1. The molecule has 4 nitrogen and oxygen atoms in total. The average Bonchev–Trinajstić information content (AvgIpc) is 2.41. The Morgan fingerprint density at radius 2 is 2.11 bits per heavy atom. The Kier molecular flexibility index (Phi) is 4.02. The number of carbonyl (C=O) groups excluding carboxylic acids is 1. The van der Waals surface area contributed by atoms with E-state index in [1.54, 1.807) is 25.3 Å². The lowest BCUT2D eigenvalue weighted by Crippen LogP contribution is -2.12. The highest BCUT2D eigenvalue weighted by molar-refractivity contribution is 6.29. The molecular formula is C14H13ClN2O2. The number of carbonyl (C=O) groups is 1. The number of hydrogen-bond donors (Lipinski definition) is 1. The van der Waals surface area contributed by atoms with Crippen LogP contribution in [0.3, 0.4) is 0 Å². The Morgan fingerprint density at radius 3 is 2.74 bits per heavy atom. The minimum atomic E-state index is -0.258. The highest BCUT2D eigenvalue weighted by Gasteiger charge is 2.10. The summed E-state index contributed by atoms with van der Waals surface area (Å²) in [5, 5.41) is 3.13. The van der Waals surface area contributed by atoms with Gasteiger partial charge in [-0.1, -0.05) is 17.7 Å². The monoisotopic (exact) mass is 276 g/mol. The van der Waals surface area contributed by atoms with Crippen molar-refractivity contribution in [3.05, 3.63) is 52.8 Å². The number of hydrogen-bond acceptors (Lipinski definition) is 3. The second-order valence-electron chi connectivity index (χ2n) is 4.03. The van der Waals surface area contributed by atoms with Crippen LogP contribution in [-0.4, -0.2) is 18.0 Å². The van der Waals surface area contributed by atoms with Gasteiger partial charge in [-0.05, 0) is 36.8 Å². The van der Waals surface area contributed by atoms with E-state index in [1.165, 1.54) is 6.20 Å². The smallest absolute Gasteiger partial charge is 0.257 e. The number of aryl methyl sites for hydroxylation is 1. The molecule has 1 aromatic heterocycles. The van der Waals surface area contributed by atoms with E-state index in [4.69, 9.17) is 16.3 Å². The summed E-state index contributed by atoms with van der Waals surface area (Å²) in [5.74, 6) is 0.363. The minimum absolute atomic E-state index is 0.258. The summed E-state index contributed by atoms with van der Waals surface area (Å²) < 4.78 is 5.23. The van der Waals surface area contributed by atoms with Crippen LogP contribution in [0.5, 0.6) is 5.75 Å². The predicted octanol–water partition coefficient (Wildman–Crippen LogP) is 3.30. The van der Waals surface area contributed by atoms with Crippen LogP contribution >= 0.6 is 11.6 Å². The molecule has 0 saturated carbocycles. The molecule has 0 saturated heterocycles. The molecule has 1 amide bonds. The van der Waals surface area contributed by atoms with Crippen molar-refractivity contribution in [3.8, 4) is 5.75 Å². The van der Waals surface area contributed by atoms with Crippen LogP contribution in [0.1, 0.15) is 15.9 Å². The van der Waals surface area contributed by atoms with Gasteiger partial charge in [-0.15, -0.1) is 0 Å². The Hall–Kier alpha value is -2.07. The van der Waals surface area contributed by atoms with E-state index in [0.717, 1.165) is 5.56 Å². The van der Waals surface area contributed by atoms with E-state index in [-0.39, 0.29) is 5.91 Å². The fourth-order valence-corrected chi connectivity index (χ4v) is 1.72. The van der Waals surface area contributed by atoms with Crippen LogP contribution in [0.15, 0.2) is 36.5 Å². The Morgan fingerprint density at radius 1 is 1.32 bits per heavy atom. The average molecular weight is 277 g/mol. The lowest BCUT2D eigenvalue weighted by molar-refractivity contribution is 0.102. The van der Waals surface area contributed by atoms with Crippen molar-refractivity contribution in [2.24, 2.45) is 0 Å². The molecule has 0 aliphatic carbocycles. The quantitative estimate of drug-likeness (QED) is 0.875. The Balaban J connectivity index is 2.21. The summed E-state index contributed by atoms with van der Waals surface area (Å²) in [6.45, 7) is 1.96. The van der Waals surface area contributed by atoms with Gasteiger partial charge in [-0.3, -0.25) is 4.79 Å². The van der Waals surface area contributed by atoms with E-state index < -0.39 is 0 Å². The molecular weight excluding hydrogens is 264 g/mol. The number of ether oxygens (including phenoxy) is 1. The number of rotatable bonds is 3. The van der Waals surface area contributed by atoms with Crippen molar-refractivity contribution in [2.45, 2.75) is 6.92 Å². The zero-order valence-electron chi connectivity index (χ0n) is 10.6. The highest BCUT2D eigenvalue weighted by Crippen LogP contribution is 2.25. The normalized spacial score (nSPS) is 10.1. The highest BCUT2D eigenvalue weighted by atomic mass is 35.5. The maximum atomic E-state index is 12.0. The van der Waals surface area contributed by atoms with Crippen molar-refractivity contribution in [1.29, 1.82) is 0 Å². The molecule has 0 unspecified atom stereocenters. The van der Waals surface area contributed by atoms with Gasteiger partial charge in [0.15, 0.2) is 0 Å². The van der Waals surface area contributed by atoms with Crippen molar-refractivity contribution >= 4 is 23.2 Å². The fourth-order valence-electron chi connectivity index (χ4n) is 1.61. The lowest BCUT2D eigenvalue weighted by atomic mass is 10.2. The summed E-state index contributed by atoms with van der Waals surface area (Å²) in [6, 6.07) is 8.75. The van der Waals surface area contributed by atoms with Gasteiger partial charge < -0.3 is 10.1 Å². The zero-order chi connectivity index (χ0) is 13.8. The molecule has 1 aromatic carbocycles. The summed E-state index contributed by atoms with van der Waals surface area (Å²) in [5.41, 5.74) is 2.11. The summed E-state index contributed by atoms with van der Waals surface area (Å²) in [4.78, 5) is 15.9. The molecule has 0 aliphatic heterocycles. The third-order valence-electron chi connectivity index (χ3n) is 2.59. The maximum absolute atomic E-state index is 12.0. The van der Waals surface area contributed by atoms with E-state index in [9.17, 15) is 4.79 Å². The Bertz CT molecular complexity index is 597. The molecule has 0 spiro atoms. The molecule has 19 heavy (non-hydrogen) atoms. The van der Waals surface area contributed by atoms with Crippen LogP contribution in [-0.2, 0) is 0 Å². The predicted molar refractivity (Wildman–Crippen MR) is 74.9 cm³/mol. The van der Waals surface area contributed by atoms with Crippen LogP contribution in [0.2, 0.25) is 5.15 Å². The first-order valence-electron chi connectivity index (χ1n) is 5.67. The largest absolute Gasteiger partial charge is 0.495 e. The van der Waals surface area contributed by atoms with Crippen molar-refractivity contribution in [1.82, 2.24) is 4.98 Å². The topological polar surface area (TPSA) is 51.2 Å². The number of benzene rings is 1. The van der Waals surface area contributed by atoms with Crippen LogP contribution in [0, 0.1) is 6.92 Å². The molecule has 1 N–H and O–H groups in total. The van der Waals surface area contributed by atoms with Crippen molar-refractivity contribution < 1.29 is 9.53 Å². The van der Waals surface area contributed by atoms with E-state index in [2.05, 4.69) is 10.3 Å². The van der Waals surface area contributed by atoms with Gasteiger partial charge in [0.1, 0.15) is 10.9 Å². The number of anilines is 1. The molecule has 0 bridgehead atoms. The summed E-state index contributed by atoms with van der Waals surface area (Å²) in [7, 11) is 1.56. The first-order chi connectivity index (χ1) is 9.10. The number of nitrogens with one attached hydrogen (secondary N) is 1. The molecule has 0 fully saturated rings. The van der Waals surface area contributed by atoms with Crippen LogP contribution < -0.4 is 10.1 Å². The number of halogens is 1. The summed E-state index contributed by atoms with van der Waals surface area (Å²) >= 11 is 5.68. The van der Waals surface area contributed by atoms with Crippen LogP contribution in [0.25, 0.3) is 0 Å². The van der Waals surface area contributed by atoms with Gasteiger partial charge in [0.2, 0.25) is 0 Å². The summed E-state index contributed by atoms with van der Waals surface area (Å²) in [6.07, 6.45) is 1.43. The van der Waals surface area contributed by atoms with Gasteiger partial charge >= 0.3 is 0 Å². The molecule has 1 heterocycles. The van der Waals surface area contributed by atoms with Crippen LogP contribution in [0.4, 0.5) is 5.69 Å². The van der Waals surface area contributed by atoms with Gasteiger partial charge in [0.05, 0.1) is 18.4 Å². The molecule has 0 aliphatic rings. The molecule has 0 radical (unpaired) electrons. The molecule has 0 atom stereocenters. The molecule has 2 aromatic rings. The standard InChI is InChI=1S/C14H13ClN2O2/c1-9-3-5-11(12(7-9)19-2)17-14(18)10-4-6-13(15)16-8-10/h3-8H,1-2H3,(H,17,18). The van der Waals surface area contributed by atoms with E-state index in [1.807, 2.05) is 19.1 Å². The van der Waals surface area contributed by atoms with Crippen molar-refractivity contribution in [3.63, 3.8) is 0 Å².